The molecule has 2 N–H and O–H groups in total. The second kappa shape index (κ2) is 8.56. The second-order valence-corrected chi connectivity index (χ2v) is 6.70. The van der Waals surface area contributed by atoms with Crippen LogP contribution in [-0.2, 0) is 14.4 Å². The van der Waals surface area contributed by atoms with E-state index in [0.717, 1.165) is 0 Å². The molecule has 0 spiro atoms. The molecule has 1 fully saturated rings. The highest BCUT2D eigenvalue weighted by molar-refractivity contribution is 6.46. The number of aliphatic carboxylic acids is 1. The quantitative estimate of drug-likeness (QED) is 0.235. The zero-order valence-corrected chi connectivity index (χ0v) is 15.7. The second-order valence-electron chi connectivity index (χ2n) is 6.70. The van der Waals surface area contributed by atoms with Crippen LogP contribution in [0.1, 0.15) is 30.0 Å². The Hall–Kier alpha value is -4.01. The van der Waals surface area contributed by atoms with E-state index in [4.69, 9.17) is 5.11 Å². The summed E-state index contributed by atoms with van der Waals surface area (Å²) < 4.78 is 0. The van der Waals surface area contributed by atoms with Crippen LogP contribution in [0.15, 0.2) is 60.2 Å². The maximum Gasteiger partial charge on any atom is 0.303 e. The summed E-state index contributed by atoms with van der Waals surface area (Å²) in [6, 6.07) is 12.7. The molecule has 0 bridgehead atoms. The van der Waals surface area contributed by atoms with Gasteiger partial charge in [-0.15, -0.1) is 0 Å². The van der Waals surface area contributed by atoms with E-state index >= 15 is 0 Å². The first kappa shape index (κ1) is 20.7. The molecule has 1 heterocycles. The Morgan fingerprint density at radius 2 is 1.67 bits per heavy atom. The summed E-state index contributed by atoms with van der Waals surface area (Å²) in [4.78, 5) is 47.7. The number of Topliss-reactive ketones (excluding diaryl/α,β-unsaturated/α-hetero) is 1. The molecular weight excluding hydrogens is 392 g/mol. The van der Waals surface area contributed by atoms with E-state index in [-0.39, 0.29) is 36.2 Å². The number of likely N-dealkylation sites (tertiary alicyclic amines) is 1. The molecule has 1 amide bonds. The van der Waals surface area contributed by atoms with Gasteiger partial charge in [0.15, 0.2) is 0 Å². The molecule has 0 aromatic heterocycles. The average molecular weight is 410 g/mol. The molecule has 30 heavy (non-hydrogen) atoms. The minimum absolute atomic E-state index is 0.0213. The van der Waals surface area contributed by atoms with Gasteiger partial charge in [0, 0.05) is 30.7 Å². The Kier molecular flexibility index (Phi) is 5.91. The van der Waals surface area contributed by atoms with Crippen LogP contribution in [0.2, 0.25) is 0 Å². The molecule has 2 aromatic rings. The van der Waals surface area contributed by atoms with Crippen LogP contribution >= 0.6 is 0 Å². The molecule has 154 valence electrons. The van der Waals surface area contributed by atoms with Crippen molar-refractivity contribution in [1.82, 2.24) is 4.90 Å². The van der Waals surface area contributed by atoms with E-state index in [1.165, 1.54) is 29.2 Å². The Morgan fingerprint density at radius 1 is 1.03 bits per heavy atom. The highest BCUT2D eigenvalue weighted by Crippen LogP contribution is 2.39. The van der Waals surface area contributed by atoms with Gasteiger partial charge in [0.1, 0.15) is 5.76 Å². The summed E-state index contributed by atoms with van der Waals surface area (Å²) in [5, 5.41) is 30.5. The molecular formula is C21H18N2O7. The number of benzene rings is 2. The fourth-order valence-corrected chi connectivity index (χ4v) is 3.39. The number of carbonyl (C=O) groups excluding carboxylic acids is 2. The number of ketones is 1. The minimum Gasteiger partial charge on any atom is -0.507 e. The first-order valence-corrected chi connectivity index (χ1v) is 9.11. The van der Waals surface area contributed by atoms with Crippen molar-refractivity contribution in [1.29, 1.82) is 0 Å². The molecule has 2 aromatic carbocycles. The van der Waals surface area contributed by atoms with Crippen LogP contribution in [0.3, 0.4) is 0 Å². The van der Waals surface area contributed by atoms with Gasteiger partial charge in [0.05, 0.1) is 16.5 Å². The highest BCUT2D eigenvalue weighted by atomic mass is 16.6. The minimum atomic E-state index is -1.02. The third kappa shape index (κ3) is 4.04. The summed E-state index contributed by atoms with van der Waals surface area (Å²) in [7, 11) is 0. The molecule has 9 nitrogen and oxygen atoms in total. The number of hydrogen-bond acceptors (Lipinski definition) is 6. The highest BCUT2D eigenvalue weighted by Gasteiger charge is 2.45. The number of aliphatic hydroxyl groups excluding tert-OH is 1. The van der Waals surface area contributed by atoms with Crippen molar-refractivity contribution in [2.45, 2.75) is 18.9 Å². The van der Waals surface area contributed by atoms with E-state index in [0.29, 0.717) is 5.56 Å². The number of nitrogens with zero attached hydrogens (tertiary/aromatic N) is 2. The summed E-state index contributed by atoms with van der Waals surface area (Å²) >= 11 is 0. The lowest BCUT2D eigenvalue weighted by Crippen LogP contribution is -2.31. The maximum atomic E-state index is 12.8. The summed E-state index contributed by atoms with van der Waals surface area (Å²) in [6.07, 6.45) is -0.0316. The number of nitro benzene ring substituents is 1. The van der Waals surface area contributed by atoms with E-state index in [1.54, 1.807) is 30.3 Å². The van der Waals surface area contributed by atoms with Gasteiger partial charge in [0.2, 0.25) is 0 Å². The number of non-ortho nitro benzene ring substituents is 1. The van der Waals surface area contributed by atoms with Crippen molar-refractivity contribution < 1.29 is 29.5 Å². The third-order valence-corrected chi connectivity index (χ3v) is 4.80. The van der Waals surface area contributed by atoms with E-state index in [9.17, 15) is 29.6 Å². The zero-order valence-electron chi connectivity index (χ0n) is 15.7. The van der Waals surface area contributed by atoms with Gasteiger partial charge in [-0.25, -0.2) is 0 Å². The number of amides is 1. The molecule has 0 radical (unpaired) electrons. The van der Waals surface area contributed by atoms with Crippen LogP contribution < -0.4 is 0 Å². The molecule has 1 atom stereocenters. The summed E-state index contributed by atoms with van der Waals surface area (Å²) in [5.41, 5.74) is 0.413. The van der Waals surface area contributed by atoms with Crippen molar-refractivity contribution in [2.75, 3.05) is 6.54 Å². The molecule has 1 aliphatic rings. The molecule has 3 rings (SSSR count). The Bertz CT molecular complexity index is 1030. The number of rotatable bonds is 7. The number of carboxylic acids is 1. The predicted molar refractivity (Wildman–Crippen MR) is 105 cm³/mol. The normalized spacial score (nSPS) is 17.9. The maximum absolute atomic E-state index is 12.8. The van der Waals surface area contributed by atoms with Crippen molar-refractivity contribution in [3.05, 3.63) is 81.4 Å². The van der Waals surface area contributed by atoms with Gasteiger partial charge in [-0.05, 0) is 24.1 Å². The molecule has 1 aliphatic heterocycles. The number of carboxylic acid groups (broad SMARTS) is 1. The third-order valence-electron chi connectivity index (χ3n) is 4.80. The lowest BCUT2D eigenvalue weighted by molar-refractivity contribution is -0.384. The van der Waals surface area contributed by atoms with Crippen LogP contribution in [0.4, 0.5) is 5.69 Å². The van der Waals surface area contributed by atoms with Gasteiger partial charge >= 0.3 is 5.97 Å². The lowest BCUT2D eigenvalue weighted by Gasteiger charge is -2.25. The average Bonchev–Trinajstić information content (AvgIpc) is 2.98. The number of nitro groups is 1. The molecule has 0 unspecified atom stereocenters. The lowest BCUT2D eigenvalue weighted by atomic mass is 9.95. The Labute approximate surface area is 171 Å². The summed E-state index contributed by atoms with van der Waals surface area (Å²) in [5.74, 6) is -3.20. The van der Waals surface area contributed by atoms with Gasteiger partial charge in [-0.3, -0.25) is 24.5 Å². The van der Waals surface area contributed by atoms with Crippen molar-refractivity contribution in [2.24, 2.45) is 0 Å². The largest absolute Gasteiger partial charge is 0.507 e. The first-order chi connectivity index (χ1) is 14.3. The monoisotopic (exact) mass is 410 g/mol. The Morgan fingerprint density at radius 3 is 2.23 bits per heavy atom. The van der Waals surface area contributed by atoms with Crippen LogP contribution in [0.25, 0.3) is 5.76 Å². The molecule has 1 saturated heterocycles. The topological polar surface area (TPSA) is 138 Å². The first-order valence-electron chi connectivity index (χ1n) is 9.11. The van der Waals surface area contributed by atoms with Gasteiger partial charge in [0.25, 0.3) is 17.4 Å². The molecule has 0 aliphatic carbocycles. The molecule has 9 heteroatoms. The summed E-state index contributed by atoms with van der Waals surface area (Å²) in [6.45, 7) is 0.0213. The predicted octanol–water partition coefficient (Wildman–Crippen LogP) is 2.88. The standard InChI is InChI=1S/C21H18N2O7/c24-16(25)7-4-12-22-18(13-5-2-1-3-6-13)17(20(27)21(22)28)19(26)14-8-10-15(11-9-14)23(29)30/h1-3,5-6,8-11,18,26H,4,7,12H2,(H,24,25)/b19-17+/t18-/m0/s1. The van der Waals surface area contributed by atoms with E-state index in [2.05, 4.69) is 0 Å². The smallest absolute Gasteiger partial charge is 0.303 e. The fraction of sp³-hybridized carbons (Fsp3) is 0.190. The van der Waals surface area contributed by atoms with Crippen molar-refractivity contribution in [3.8, 4) is 0 Å². The fourth-order valence-electron chi connectivity index (χ4n) is 3.39. The Balaban J connectivity index is 2.06. The van der Waals surface area contributed by atoms with Gasteiger partial charge in [-0.2, -0.15) is 0 Å². The van der Waals surface area contributed by atoms with Gasteiger partial charge in [-0.1, -0.05) is 30.3 Å². The number of aliphatic hydroxyl groups is 1. The van der Waals surface area contributed by atoms with E-state index < -0.39 is 34.4 Å². The zero-order chi connectivity index (χ0) is 21.8. The van der Waals surface area contributed by atoms with E-state index in [1.807, 2.05) is 0 Å². The SMILES string of the molecule is O=C(O)CCCN1C(=O)C(=O)/C(=C(/O)c2ccc([N+](=O)[O-])cc2)[C@@H]1c1ccccc1. The van der Waals surface area contributed by atoms with Crippen molar-refractivity contribution in [3.63, 3.8) is 0 Å². The van der Waals surface area contributed by atoms with Crippen LogP contribution in [-0.4, -0.2) is 44.2 Å². The van der Waals surface area contributed by atoms with Gasteiger partial charge < -0.3 is 15.1 Å². The van der Waals surface area contributed by atoms with Crippen LogP contribution in [0, 0.1) is 10.1 Å². The van der Waals surface area contributed by atoms with Crippen molar-refractivity contribution >= 4 is 29.1 Å². The molecule has 0 saturated carbocycles. The van der Waals surface area contributed by atoms with Crippen LogP contribution in [0.5, 0.6) is 0 Å². The number of hydrogen-bond donors (Lipinski definition) is 2. The number of carbonyl (C=O) groups is 3.